The maximum absolute atomic E-state index is 12.5. The lowest BCUT2D eigenvalue weighted by Crippen LogP contribution is -2.32. The SMILES string of the molecule is CCN(CCc1ccncc1)C(=O)CCc1ccc2c(c1)OCO2. The third-order valence-electron chi connectivity index (χ3n) is 4.22. The van der Waals surface area contributed by atoms with Crippen molar-refractivity contribution >= 4 is 5.91 Å². The summed E-state index contributed by atoms with van der Waals surface area (Å²) < 4.78 is 10.7. The number of carbonyl (C=O) groups is 1. The van der Waals surface area contributed by atoms with Gasteiger partial charge in [0.2, 0.25) is 12.7 Å². The molecule has 5 heteroatoms. The number of aryl methyl sites for hydroxylation is 1. The summed E-state index contributed by atoms with van der Waals surface area (Å²) in [7, 11) is 0. The smallest absolute Gasteiger partial charge is 0.231 e. The van der Waals surface area contributed by atoms with E-state index in [0.29, 0.717) is 12.8 Å². The molecular weight excluding hydrogens is 304 g/mol. The van der Waals surface area contributed by atoms with Crippen LogP contribution in [-0.4, -0.2) is 35.7 Å². The molecule has 0 unspecified atom stereocenters. The number of hydrogen-bond acceptors (Lipinski definition) is 4. The lowest BCUT2D eigenvalue weighted by Gasteiger charge is -2.21. The fourth-order valence-corrected chi connectivity index (χ4v) is 2.78. The van der Waals surface area contributed by atoms with Gasteiger partial charge in [-0.3, -0.25) is 9.78 Å². The van der Waals surface area contributed by atoms with Crippen LogP contribution in [0, 0.1) is 0 Å². The second-order valence-electron chi connectivity index (χ2n) is 5.77. The standard InChI is InChI=1S/C19H22N2O3/c1-2-21(12-9-15-7-10-20-11-8-15)19(22)6-4-16-3-5-17-18(13-16)24-14-23-17/h3,5,7-8,10-11,13H,2,4,6,9,12,14H2,1H3. The van der Waals surface area contributed by atoms with E-state index in [-0.39, 0.29) is 12.7 Å². The minimum atomic E-state index is 0.184. The molecule has 0 N–H and O–H groups in total. The van der Waals surface area contributed by atoms with Crippen LogP contribution < -0.4 is 9.47 Å². The van der Waals surface area contributed by atoms with E-state index in [9.17, 15) is 4.79 Å². The van der Waals surface area contributed by atoms with Gasteiger partial charge in [0.05, 0.1) is 0 Å². The molecular formula is C19H22N2O3. The highest BCUT2D eigenvalue weighted by Gasteiger charge is 2.15. The van der Waals surface area contributed by atoms with Gasteiger partial charge in [0.25, 0.3) is 0 Å². The number of hydrogen-bond donors (Lipinski definition) is 0. The van der Waals surface area contributed by atoms with Crippen LogP contribution >= 0.6 is 0 Å². The van der Waals surface area contributed by atoms with Crippen LogP contribution in [0.15, 0.2) is 42.7 Å². The summed E-state index contributed by atoms with van der Waals surface area (Å²) in [5.74, 6) is 1.73. The average Bonchev–Trinajstić information content (AvgIpc) is 3.09. The normalized spacial score (nSPS) is 12.2. The predicted octanol–water partition coefficient (Wildman–Crippen LogP) is 2.83. The van der Waals surface area contributed by atoms with Crippen LogP contribution in [-0.2, 0) is 17.6 Å². The average molecular weight is 326 g/mol. The predicted molar refractivity (Wildman–Crippen MR) is 91.1 cm³/mol. The molecule has 0 radical (unpaired) electrons. The highest BCUT2D eigenvalue weighted by Crippen LogP contribution is 2.32. The molecule has 1 aromatic carbocycles. The van der Waals surface area contributed by atoms with E-state index in [0.717, 1.165) is 36.6 Å². The fraction of sp³-hybridized carbons (Fsp3) is 0.368. The van der Waals surface area contributed by atoms with Gasteiger partial charge in [-0.1, -0.05) is 6.07 Å². The molecule has 0 aliphatic carbocycles. The molecule has 3 rings (SSSR count). The van der Waals surface area contributed by atoms with Crippen molar-refractivity contribution in [1.29, 1.82) is 0 Å². The number of carbonyl (C=O) groups excluding carboxylic acids is 1. The first-order valence-corrected chi connectivity index (χ1v) is 8.31. The van der Waals surface area contributed by atoms with E-state index >= 15 is 0 Å². The maximum Gasteiger partial charge on any atom is 0.231 e. The van der Waals surface area contributed by atoms with Crippen LogP contribution in [0.2, 0.25) is 0 Å². The van der Waals surface area contributed by atoms with E-state index < -0.39 is 0 Å². The Labute approximate surface area is 142 Å². The van der Waals surface area contributed by atoms with E-state index in [2.05, 4.69) is 4.98 Å². The Hall–Kier alpha value is -2.56. The molecule has 2 aromatic rings. The first kappa shape index (κ1) is 16.3. The second-order valence-corrected chi connectivity index (χ2v) is 5.77. The van der Waals surface area contributed by atoms with Crippen LogP contribution in [0.4, 0.5) is 0 Å². The number of aromatic nitrogens is 1. The zero-order chi connectivity index (χ0) is 16.8. The number of fused-ring (bicyclic) bond motifs is 1. The van der Waals surface area contributed by atoms with Crippen molar-refractivity contribution in [3.63, 3.8) is 0 Å². The van der Waals surface area contributed by atoms with Crippen LogP contribution in [0.1, 0.15) is 24.5 Å². The lowest BCUT2D eigenvalue weighted by molar-refractivity contribution is -0.130. The van der Waals surface area contributed by atoms with E-state index in [1.54, 1.807) is 12.4 Å². The van der Waals surface area contributed by atoms with Crippen molar-refractivity contribution in [2.45, 2.75) is 26.2 Å². The first-order valence-electron chi connectivity index (χ1n) is 8.31. The number of ether oxygens (including phenoxy) is 2. The summed E-state index contributed by atoms with van der Waals surface area (Å²) >= 11 is 0. The molecule has 0 saturated heterocycles. The van der Waals surface area contributed by atoms with Gasteiger partial charge in [0.15, 0.2) is 11.5 Å². The van der Waals surface area contributed by atoms with Crippen molar-refractivity contribution in [3.8, 4) is 11.5 Å². The van der Waals surface area contributed by atoms with Gasteiger partial charge < -0.3 is 14.4 Å². The second kappa shape index (κ2) is 7.81. The number of likely N-dealkylation sites (N-methyl/N-ethyl adjacent to an activating group) is 1. The Morgan fingerprint density at radius 2 is 1.88 bits per heavy atom. The molecule has 1 aliphatic heterocycles. The first-order chi connectivity index (χ1) is 11.8. The number of nitrogens with zero attached hydrogens (tertiary/aromatic N) is 2. The van der Waals surface area contributed by atoms with Gasteiger partial charge >= 0.3 is 0 Å². The van der Waals surface area contributed by atoms with Gasteiger partial charge in [-0.15, -0.1) is 0 Å². The zero-order valence-electron chi connectivity index (χ0n) is 13.9. The molecule has 2 heterocycles. The van der Waals surface area contributed by atoms with E-state index in [4.69, 9.17) is 9.47 Å². The number of rotatable bonds is 7. The Morgan fingerprint density at radius 3 is 2.67 bits per heavy atom. The minimum absolute atomic E-state index is 0.184. The molecule has 1 aliphatic rings. The molecule has 0 saturated carbocycles. The molecule has 0 bridgehead atoms. The van der Waals surface area contributed by atoms with Crippen LogP contribution in [0.5, 0.6) is 11.5 Å². The molecule has 1 amide bonds. The summed E-state index contributed by atoms with van der Waals surface area (Å²) in [6.45, 7) is 3.76. The molecule has 0 spiro atoms. The number of pyridine rings is 1. The van der Waals surface area contributed by atoms with Gasteiger partial charge in [-0.25, -0.2) is 0 Å². The Morgan fingerprint density at radius 1 is 1.08 bits per heavy atom. The molecule has 1 aromatic heterocycles. The highest BCUT2D eigenvalue weighted by molar-refractivity contribution is 5.76. The molecule has 0 atom stereocenters. The summed E-state index contributed by atoms with van der Waals surface area (Å²) in [5.41, 5.74) is 2.30. The van der Waals surface area contributed by atoms with E-state index in [1.807, 2.05) is 42.2 Å². The maximum atomic E-state index is 12.5. The zero-order valence-corrected chi connectivity index (χ0v) is 13.9. The minimum Gasteiger partial charge on any atom is -0.454 e. The van der Waals surface area contributed by atoms with Crippen molar-refractivity contribution in [2.24, 2.45) is 0 Å². The monoisotopic (exact) mass is 326 g/mol. The summed E-state index contributed by atoms with van der Waals surface area (Å²) in [5, 5.41) is 0. The molecule has 5 nitrogen and oxygen atoms in total. The molecule has 126 valence electrons. The van der Waals surface area contributed by atoms with Gasteiger partial charge in [-0.05, 0) is 55.2 Å². The Balaban J connectivity index is 1.51. The Kier molecular flexibility index (Phi) is 5.31. The number of amides is 1. The van der Waals surface area contributed by atoms with Gasteiger partial charge in [0.1, 0.15) is 0 Å². The van der Waals surface area contributed by atoms with Gasteiger partial charge in [-0.2, -0.15) is 0 Å². The van der Waals surface area contributed by atoms with Gasteiger partial charge in [0, 0.05) is 31.9 Å². The third-order valence-corrected chi connectivity index (χ3v) is 4.22. The topological polar surface area (TPSA) is 51.7 Å². The van der Waals surface area contributed by atoms with E-state index in [1.165, 1.54) is 5.56 Å². The molecule has 0 fully saturated rings. The largest absolute Gasteiger partial charge is 0.454 e. The van der Waals surface area contributed by atoms with Crippen molar-refractivity contribution < 1.29 is 14.3 Å². The molecule has 24 heavy (non-hydrogen) atoms. The lowest BCUT2D eigenvalue weighted by atomic mass is 10.1. The Bertz CT molecular complexity index is 688. The summed E-state index contributed by atoms with van der Waals surface area (Å²) in [6.07, 6.45) is 5.64. The summed E-state index contributed by atoms with van der Waals surface area (Å²) in [4.78, 5) is 18.4. The van der Waals surface area contributed by atoms with Crippen LogP contribution in [0.3, 0.4) is 0 Å². The quantitative estimate of drug-likeness (QED) is 0.785. The van der Waals surface area contributed by atoms with Crippen molar-refractivity contribution in [1.82, 2.24) is 9.88 Å². The summed E-state index contributed by atoms with van der Waals surface area (Å²) in [6, 6.07) is 9.84. The highest BCUT2D eigenvalue weighted by atomic mass is 16.7. The van der Waals surface area contributed by atoms with Crippen molar-refractivity contribution in [3.05, 3.63) is 53.9 Å². The number of benzene rings is 1. The fourth-order valence-electron chi connectivity index (χ4n) is 2.78. The third kappa shape index (κ3) is 4.04. The van der Waals surface area contributed by atoms with Crippen LogP contribution in [0.25, 0.3) is 0 Å². The van der Waals surface area contributed by atoms with Crippen molar-refractivity contribution in [2.75, 3.05) is 19.9 Å².